The highest BCUT2D eigenvalue weighted by Gasteiger charge is 2.10. The lowest BCUT2D eigenvalue weighted by Crippen LogP contribution is -2.17. The van der Waals surface area contributed by atoms with E-state index in [1.54, 1.807) is 20.3 Å². The highest BCUT2D eigenvalue weighted by atomic mass is 16.7. The van der Waals surface area contributed by atoms with Crippen LogP contribution in [0.15, 0.2) is 24.8 Å². The van der Waals surface area contributed by atoms with E-state index >= 15 is 0 Å². The molecule has 13 heavy (non-hydrogen) atoms. The zero-order valence-electron chi connectivity index (χ0n) is 8.32. The molecule has 0 radical (unpaired) electrons. The van der Waals surface area contributed by atoms with Crippen molar-refractivity contribution in [1.29, 1.82) is 0 Å². The fourth-order valence-electron chi connectivity index (χ4n) is 0.947. The standard InChI is InChI=1S/C10H18O3/c1-5-8(2)9(11)6-7-10(12-3)13-4/h5,9-11H,1-2,6-7H2,3-4H3. The van der Waals surface area contributed by atoms with Crippen LogP contribution in [-0.4, -0.2) is 31.7 Å². The van der Waals surface area contributed by atoms with Crippen LogP contribution in [0.1, 0.15) is 12.8 Å². The third-order valence-corrected chi connectivity index (χ3v) is 1.89. The Balaban J connectivity index is 3.73. The van der Waals surface area contributed by atoms with E-state index in [0.717, 1.165) is 0 Å². The molecule has 0 saturated heterocycles. The van der Waals surface area contributed by atoms with Gasteiger partial charge in [-0.15, -0.1) is 0 Å². The minimum Gasteiger partial charge on any atom is -0.388 e. The predicted molar refractivity (Wildman–Crippen MR) is 52.4 cm³/mol. The van der Waals surface area contributed by atoms with Crippen molar-refractivity contribution in [2.45, 2.75) is 25.2 Å². The second kappa shape index (κ2) is 6.83. The van der Waals surface area contributed by atoms with Crippen LogP contribution >= 0.6 is 0 Å². The highest BCUT2D eigenvalue weighted by Crippen LogP contribution is 2.11. The Morgan fingerprint density at radius 2 is 1.92 bits per heavy atom. The van der Waals surface area contributed by atoms with Crippen molar-refractivity contribution in [3.63, 3.8) is 0 Å². The monoisotopic (exact) mass is 186 g/mol. The number of ether oxygens (including phenoxy) is 2. The van der Waals surface area contributed by atoms with Gasteiger partial charge in [0.05, 0.1) is 6.10 Å². The normalized spacial score (nSPS) is 12.9. The lowest BCUT2D eigenvalue weighted by molar-refractivity contribution is -0.109. The molecule has 1 atom stereocenters. The zero-order chi connectivity index (χ0) is 10.3. The van der Waals surface area contributed by atoms with E-state index < -0.39 is 6.10 Å². The Labute approximate surface area is 79.7 Å². The van der Waals surface area contributed by atoms with Crippen LogP contribution < -0.4 is 0 Å². The molecule has 1 unspecified atom stereocenters. The molecule has 0 aromatic heterocycles. The fraction of sp³-hybridized carbons (Fsp3) is 0.600. The van der Waals surface area contributed by atoms with Crippen LogP contribution in [0.25, 0.3) is 0 Å². The van der Waals surface area contributed by atoms with E-state index in [2.05, 4.69) is 13.2 Å². The van der Waals surface area contributed by atoms with Crippen LogP contribution in [0.5, 0.6) is 0 Å². The molecule has 0 aliphatic carbocycles. The molecule has 3 nitrogen and oxygen atoms in total. The average Bonchev–Trinajstić information content (AvgIpc) is 2.17. The molecule has 76 valence electrons. The van der Waals surface area contributed by atoms with E-state index in [4.69, 9.17) is 9.47 Å². The lowest BCUT2D eigenvalue weighted by Gasteiger charge is -2.16. The smallest absolute Gasteiger partial charge is 0.156 e. The molecule has 0 amide bonds. The molecule has 0 fully saturated rings. The SMILES string of the molecule is C=CC(=C)C(O)CCC(OC)OC. The summed E-state index contributed by atoms with van der Waals surface area (Å²) in [6.45, 7) is 7.18. The summed E-state index contributed by atoms with van der Waals surface area (Å²) < 4.78 is 9.95. The topological polar surface area (TPSA) is 38.7 Å². The van der Waals surface area contributed by atoms with Crippen molar-refractivity contribution in [3.05, 3.63) is 24.8 Å². The minimum absolute atomic E-state index is 0.257. The first-order valence-corrected chi connectivity index (χ1v) is 4.20. The Kier molecular flexibility index (Phi) is 6.49. The number of aliphatic hydroxyl groups is 1. The van der Waals surface area contributed by atoms with Gasteiger partial charge in [-0.2, -0.15) is 0 Å². The first kappa shape index (κ1) is 12.4. The summed E-state index contributed by atoms with van der Waals surface area (Å²) in [5.74, 6) is 0. The maximum atomic E-state index is 9.48. The summed E-state index contributed by atoms with van der Waals surface area (Å²) in [7, 11) is 3.14. The van der Waals surface area contributed by atoms with Crippen LogP contribution in [0.3, 0.4) is 0 Å². The molecule has 0 spiro atoms. The van der Waals surface area contributed by atoms with Crippen molar-refractivity contribution in [2.24, 2.45) is 0 Å². The van der Waals surface area contributed by atoms with Gasteiger partial charge in [-0.25, -0.2) is 0 Å². The molecule has 0 saturated carbocycles. The second-order valence-electron chi connectivity index (χ2n) is 2.77. The van der Waals surface area contributed by atoms with Gasteiger partial charge in [-0.05, 0) is 12.0 Å². The van der Waals surface area contributed by atoms with Gasteiger partial charge in [0.15, 0.2) is 6.29 Å². The highest BCUT2D eigenvalue weighted by molar-refractivity contribution is 5.15. The largest absolute Gasteiger partial charge is 0.388 e. The molecule has 0 aliphatic rings. The van der Waals surface area contributed by atoms with Crippen LogP contribution in [0, 0.1) is 0 Å². The predicted octanol–water partition coefficient (Wildman–Crippen LogP) is 1.49. The van der Waals surface area contributed by atoms with Gasteiger partial charge < -0.3 is 14.6 Å². The minimum atomic E-state index is -0.551. The van der Waals surface area contributed by atoms with Crippen molar-refractivity contribution in [3.8, 4) is 0 Å². The van der Waals surface area contributed by atoms with Crippen molar-refractivity contribution in [2.75, 3.05) is 14.2 Å². The van der Waals surface area contributed by atoms with Crippen molar-refractivity contribution < 1.29 is 14.6 Å². The summed E-state index contributed by atoms with van der Waals surface area (Å²) in [6.07, 6.45) is 1.95. The van der Waals surface area contributed by atoms with Gasteiger partial charge in [-0.3, -0.25) is 0 Å². The van der Waals surface area contributed by atoms with Gasteiger partial charge in [0.1, 0.15) is 0 Å². The zero-order valence-corrected chi connectivity index (χ0v) is 8.32. The van der Waals surface area contributed by atoms with Crippen LogP contribution in [0.2, 0.25) is 0 Å². The quantitative estimate of drug-likeness (QED) is 0.483. The second-order valence-corrected chi connectivity index (χ2v) is 2.77. The van der Waals surface area contributed by atoms with Gasteiger partial charge in [0.2, 0.25) is 0 Å². The van der Waals surface area contributed by atoms with Crippen molar-refractivity contribution in [1.82, 2.24) is 0 Å². The van der Waals surface area contributed by atoms with Gasteiger partial charge in [-0.1, -0.05) is 19.2 Å². The molecule has 3 heteroatoms. The Morgan fingerprint density at radius 1 is 1.38 bits per heavy atom. The van der Waals surface area contributed by atoms with E-state index in [0.29, 0.717) is 18.4 Å². The van der Waals surface area contributed by atoms with Gasteiger partial charge in [0, 0.05) is 20.6 Å². The summed E-state index contributed by atoms with van der Waals surface area (Å²) in [4.78, 5) is 0. The number of hydrogen-bond donors (Lipinski definition) is 1. The van der Waals surface area contributed by atoms with E-state index in [-0.39, 0.29) is 6.29 Å². The first-order valence-electron chi connectivity index (χ1n) is 4.20. The van der Waals surface area contributed by atoms with Gasteiger partial charge >= 0.3 is 0 Å². The molecule has 0 rings (SSSR count). The van der Waals surface area contributed by atoms with E-state index in [1.807, 2.05) is 0 Å². The third-order valence-electron chi connectivity index (χ3n) is 1.89. The number of aliphatic hydroxyl groups excluding tert-OH is 1. The molecular formula is C10H18O3. The van der Waals surface area contributed by atoms with Crippen LogP contribution in [0.4, 0.5) is 0 Å². The molecule has 0 bridgehead atoms. The number of rotatable bonds is 7. The van der Waals surface area contributed by atoms with Crippen LogP contribution in [-0.2, 0) is 9.47 Å². The Hall–Kier alpha value is -0.640. The summed E-state index contributed by atoms with van der Waals surface area (Å²) in [5, 5.41) is 9.48. The molecular weight excluding hydrogens is 168 g/mol. The molecule has 0 aromatic rings. The molecule has 0 heterocycles. The summed E-state index contributed by atoms with van der Waals surface area (Å²) >= 11 is 0. The maximum Gasteiger partial charge on any atom is 0.156 e. The van der Waals surface area contributed by atoms with Crippen molar-refractivity contribution >= 4 is 0 Å². The fourth-order valence-corrected chi connectivity index (χ4v) is 0.947. The summed E-state index contributed by atoms with van der Waals surface area (Å²) in [6, 6.07) is 0. The van der Waals surface area contributed by atoms with Gasteiger partial charge in [0.25, 0.3) is 0 Å². The molecule has 0 aliphatic heterocycles. The maximum absolute atomic E-state index is 9.48. The van der Waals surface area contributed by atoms with E-state index in [1.165, 1.54) is 0 Å². The lowest BCUT2D eigenvalue weighted by atomic mass is 10.1. The first-order chi connectivity index (χ1) is 6.15. The molecule has 0 aromatic carbocycles. The average molecular weight is 186 g/mol. The Morgan fingerprint density at radius 3 is 2.31 bits per heavy atom. The molecule has 1 N–H and O–H groups in total. The third kappa shape index (κ3) is 4.83. The number of hydrogen-bond acceptors (Lipinski definition) is 3. The summed E-state index contributed by atoms with van der Waals surface area (Å²) in [5.41, 5.74) is 0.631. The van der Waals surface area contributed by atoms with E-state index in [9.17, 15) is 5.11 Å². The Bertz CT molecular complexity index is 162. The number of methoxy groups -OCH3 is 2.